The Hall–Kier alpha value is -2.68. The van der Waals surface area contributed by atoms with Crippen molar-refractivity contribution in [2.45, 2.75) is 89.8 Å². The third-order valence-electron chi connectivity index (χ3n) is 6.18. The number of halogens is 27. The molecule has 1 aliphatic rings. The van der Waals surface area contributed by atoms with Gasteiger partial charge >= 0.3 is 88.8 Å². The molecule has 0 radical (unpaired) electrons. The first kappa shape index (κ1) is 42.3. The highest BCUT2D eigenvalue weighted by Gasteiger charge is 3.06. The number of rotatable bonds is 4. The Morgan fingerprint density at radius 3 is 0.766 bits per heavy atom. The van der Waals surface area contributed by atoms with Crippen LogP contribution in [-0.4, -0.2) is 88.8 Å². The van der Waals surface area contributed by atoms with E-state index in [1.54, 1.807) is 0 Å². The van der Waals surface area contributed by atoms with Crippen LogP contribution in [0.4, 0.5) is 119 Å². The Morgan fingerprint density at radius 1 is 0.426 bits per heavy atom. The summed E-state index contributed by atoms with van der Waals surface area (Å²) in [6.07, 6.45) is -8.41. The van der Waals surface area contributed by atoms with Crippen molar-refractivity contribution in [2.24, 2.45) is 0 Å². The second kappa shape index (κ2) is 9.95. The molecule has 0 aromatic rings. The zero-order valence-electron chi connectivity index (χ0n) is 20.7. The molecule has 29 heteroatoms. The zero-order chi connectivity index (χ0) is 38.9. The third kappa shape index (κ3) is 4.22. The van der Waals surface area contributed by atoms with Gasteiger partial charge in [0.2, 0.25) is 0 Å². The molecule has 0 bridgehead atoms. The van der Waals surface area contributed by atoms with Crippen LogP contribution in [0, 0.1) is 0 Å². The van der Waals surface area contributed by atoms with E-state index in [2.05, 4.69) is 6.58 Å². The smallest absolute Gasteiger partial charge is 0.393 e. The quantitative estimate of drug-likeness (QED) is 0.162. The molecule has 0 amide bonds. The predicted octanol–water partition coefficient (Wildman–Crippen LogP) is 9.04. The van der Waals surface area contributed by atoms with E-state index in [1.165, 1.54) is 0 Å². The van der Waals surface area contributed by atoms with Crippen LogP contribution in [0.1, 0.15) is 6.92 Å². The maximum absolute atomic E-state index is 15.2. The molecule has 1 aliphatic carbocycles. The van der Waals surface area contributed by atoms with Crippen LogP contribution >= 0.6 is 0 Å². The molecular weight excluding hydrogens is 761 g/mol. The Labute approximate surface area is 237 Å². The van der Waals surface area contributed by atoms with E-state index < -0.39 is 94.4 Å². The van der Waals surface area contributed by atoms with Crippen molar-refractivity contribution >= 4 is 5.97 Å². The molecule has 1 rings (SSSR count). The number of carbonyl (C=O) groups excluding carboxylic acids is 1. The summed E-state index contributed by atoms with van der Waals surface area (Å²) < 4.78 is 382. The van der Waals surface area contributed by atoms with Crippen molar-refractivity contribution < 1.29 is 128 Å². The molecule has 0 saturated heterocycles. The number of alkyl halides is 27. The van der Waals surface area contributed by atoms with Gasteiger partial charge in [-0.2, -0.15) is 114 Å². The SMILES string of the molecule is C=C(C)C(=O)OC(F)(F)C(F)(F)C1(F)C(F)(F)C(F)(F)C(F)(F)C(F)(F)C(F)(F)C(F)(F)C(F)(F)C(F)(F)C(F)(F)C(F)(F)C1(F)F. The van der Waals surface area contributed by atoms with Crippen molar-refractivity contribution in [2.75, 3.05) is 0 Å². The first-order valence-corrected chi connectivity index (χ1v) is 10.3. The molecule has 0 N–H and O–H groups in total. The van der Waals surface area contributed by atoms with Gasteiger partial charge in [0.05, 0.1) is 0 Å². The summed E-state index contributed by atoms with van der Waals surface area (Å²) in [6, 6.07) is 0. The minimum Gasteiger partial charge on any atom is -0.393 e. The topological polar surface area (TPSA) is 26.3 Å². The highest BCUT2D eigenvalue weighted by atomic mass is 19.4. The number of hydrogen-bond donors (Lipinski definition) is 0. The van der Waals surface area contributed by atoms with Gasteiger partial charge in [-0.15, -0.1) is 0 Å². The second-order valence-electron chi connectivity index (χ2n) is 9.24. The van der Waals surface area contributed by atoms with Crippen LogP contribution in [0.15, 0.2) is 12.2 Å². The Morgan fingerprint density at radius 2 is 0.596 bits per heavy atom. The van der Waals surface area contributed by atoms with E-state index in [1.807, 2.05) is 4.74 Å². The fourth-order valence-corrected chi connectivity index (χ4v) is 3.27. The van der Waals surface area contributed by atoms with Crippen LogP contribution in [-0.2, 0) is 9.53 Å². The van der Waals surface area contributed by atoms with Crippen LogP contribution < -0.4 is 0 Å². The molecule has 0 heterocycles. The van der Waals surface area contributed by atoms with Gasteiger partial charge in [-0.25, -0.2) is 9.18 Å². The summed E-state index contributed by atoms with van der Waals surface area (Å²) in [5.41, 5.74) is -12.3. The van der Waals surface area contributed by atoms with Gasteiger partial charge < -0.3 is 4.74 Å². The maximum atomic E-state index is 15.2. The molecular formula is C18H5F27O2. The molecule has 278 valence electrons. The van der Waals surface area contributed by atoms with Gasteiger partial charge in [0.25, 0.3) is 0 Å². The van der Waals surface area contributed by atoms with Gasteiger partial charge in [0.1, 0.15) is 0 Å². The van der Waals surface area contributed by atoms with E-state index in [4.69, 9.17) is 0 Å². The number of esters is 1. The predicted molar refractivity (Wildman–Crippen MR) is 89.1 cm³/mol. The number of hydrogen-bond acceptors (Lipinski definition) is 2. The van der Waals surface area contributed by atoms with Crippen molar-refractivity contribution in [1.82, 2.24) is 0 Å². The maximum Gasteiger partial charge on any atom is 0.470 e. The lowest BCUT2D eigenvalue weighted by molar-refractivity contribution is -0.517. The van der Waals surface area contributed by atoms with Crippen molar-refractivity contribution in [3.63, 3.8) is 0 Å². The monoisotopic (exact) mass is 766 g/mol. The fourth-order valence-electron chi connectivity index (χ4n) is 3.27. The molecule has 47 heavy (non-hydrogen) atoms. The lowest BCUT2D eigenvalue weighted by Gasteiger charge is -2.52. The summed E-state index contributed by atoms with van der Waals surface area (Å²) in [4.78, 5) is 11.1. The number of carbonyl (C=O) groups is 1. The Bertz CT molecular complexity index is 1210. The summed E-state index contributed by atoms with van der Waals surface area (Å²) >= 11 is 0. The Balaban J connectivity index is 4.89. The van der Waals surface area contributed by atoms with E-state index in [0.717, 1.165) is 0 Å². The zero-order valence-corrected chi connectivity index (χ0v) is 20.7. The third-order valence-corrected chi connectivity index (χ3v) is 6.18. The normalized spacial score (nSPS) is 29.4. The van der Waals surface area contributed by atoms with Gasteiger partial charge in [-0.1, -0.05) is 6.58 Å². The average Bonchev–Trinajstić information content (AvgIpc) is 2.85. The molecule has 0 aromatic heterocycles. The van der Waals surface area contributed by atoms with Gasteiger partial charge in [-0.05, 0) is 6.92 Å². The van der Waals surface area contributed by atoms with Crippen molar-refractivity contribution in [1.29, 1.82) is 0 Å². The minimum atomic E-state index is -10.4. The van der Waals surface area contributed by atoms with Crippen LogP contribution in [0.5, 0.6) is 0 Å². The van der Waals surface area contributed by atoms with Crippen LogP contribution in [0.25, 0.3) is 0 Å². The van der Waals surface area contributed by atoms with Gasteiger partial charge in [0, 0.05) is 5.57 Å². The largest absolute Gasteiger partial charge is 0.470 e. The number of ether oxygens (including phenoxy) is 1. The molecule has 1 saturated carbocycles. The lowest BCUT2D eigenvalue weighted by atomic mass is 9.72. The minimum absolute atomic E-state index is 0.0232. The summed E-state index contributed by atoms with van der Waals surface area (Å²) in [5.74, 6) is -123. The van der Waals surface area contributed by atoms with Crippen LogP contribution in [0.2, 0.25) is 0 Å². The van der Waals surface area contributed by atoms with Gasteiger partial charge in [-0.3, -0.25) is 0 Å². The highest BCUT2D eigenvalue weighted by Crippen LogP contribution is 2.73. The van der Waals surface area contributed by atoms with Crippen molar-refractivity contribution in [3.8, 4) is 0 Å². The first-order valence-electron chi connectivity index (χ1n) is 10.3. The van der Waals surface area contributed by atoms with Crippen molar-refractivity contribution in [3.05, 3.63) is 12.2 Å². The lowest BCUT2D eigenvalue weighted by Crippen LogP contribution is -2.86. The Kier molecular flexibility index (Phi) is 8.96. The fraction of sp³-hybridized carbons (Fsp3) is 0.833. The summed E-state index contributed by atoms with van der Waals surface area (Å²) in [5, 5.41) is 0. The molecule has 0 atom stereocenters. The summed E-state index contributed by atoms with van der Waals surface area (Å²) in [7, 11) is 0. The molecule has 2 nitrogen and oxygen atoms in total. The van der Waals surface area contributed by atoms with Gasteiger partial charge in [0.15, 0.2) is 0 Å². The van der Waals surface area contributed by atoms with Crippen LogP contribution in [0.3, 0.4) is 0 Å². The molecule has 0 unspecified atom stereocenters. The first-order chi connectivity index (χ1) is 19.8. The second-order valence-corrected chi connectivity index (χ2v) is 9.24. The van der Waals surface area contributed by atoms with E-state index in [-0.39, 0.29) is 6.92 Å². The standard InChI is InChI=1S/C18H5F27O2/c1-3(2)4(46)47-18(44,45)8(24,25)5(19)6(20,21)9(26,27)11(30,31)13(34,35)15(38,39)17(42,43)16(40,41)14(36,37)12(32,33)10(28,29)7(5,22)23/h1H2,2H3. The average molecular weight is 766 g/mol. The molecule has 0 aliphatic heterocycles. The van der Waals surface area contributed by atoms with E-state index in [9.17, 15) is 119 Å². The summed E-state index contributed by atoms with van der Waals surface area (Å²) in [6.45, 7) is 2.16. The molecule has 1 fully saturated rings. The highest BCUT2D eigenvalue weighted by molar-refractivity contribution is 5.87. The van der Waals surface area contributed by atoms with E-state index >= 15 is 4.39 Å². The van der Waals surface area contributed by atoms with E-state index in [0.29, 0.717) is 0 Å². The molecule has 0 aromatic carbocycles. The molecule has 0 spiro atoms.